The third kappa shape index (κ3) is 2.26. The van der Waals surface area contributed by atoms with Gasteiger partial charge < -0.3 is 19.5 Å². The van der Waals surface area contributed by atoms with Crippen molar-refractivity contribution in [3.05, 3.63) is 28.1 Å². The summed E-state index contributed by atoms with van der Waals surface area (Å²) in [5.41, 5.74) is -0.442. The van der Waals surface area contributed by atoms with Gasteiger partial charge in [0.1, 0.15) is 5.82 Å². The Morgan fingerprint density at radius 1 is 1.53 bits per heavy atom. The van der Waals surface area contributed by atoms with E-state index in [-0.39, 0.29) is 27.2 Å². The van der Waals surface area contributed by atoms with Crippen LogP contribution in [0.3, 0.4) is 0 Å². The summed E-state index contributed by atoms with van der Waals surface area (Å²) in [5, 5.41) is 21.5. The summed E-state index contributed by atoms with van der Waals surface area (Å²) in [5.74, 6) is -2.59. The molecule has 2 aromatic rings. The number of carbonyl (C=O) groups is 1. The fourth-order valence-corrected chi connectivity index (χ4v) is 2.25. The Morgan fingerprint density at radius 2 is 2.21 bits per heavy atom. The number of aromatic hydroxyl groups is 1. The normalized spacial score (nSPS) is 10.5. The number of halogens is 2. The second-order valence-corrected chi connectivity index (χ2v) is 4.27. The molecule has 0 aliphatic heterocycles. The Kier molecular flexibility index (Phi) is 3.43. The smallest absolute Gasteiger partial charge is 0.358 e. The molecule has 1 aromatic carbocycles. The first-order chi connectivity index (χ1) is 8.95. The Balaban J connectivity index is 2.64. The molecule has 0 unspecified atom stereocenters. The van der Waals surface area contributed by atoms with Gasteiger partial charge in [-0.25, -0.2) is 9.18 Å². The summed E-state index contributed by atoms with van der Waals surface area (Å²) in [6.45, 7) is 0. The van der Waals surface area contributed by atoms with Gasteiger partial charge >= 0.3 is 5.97 Å². The molecule has 0 atom stereocenters. The molecule has 0 saturated carbocycles. The first kappa shape index (κ1) is 13.3. The van der Waals surface area contributed by atoms with Crippen LogP contribution in [-0.4, -0.2) is 28.4 Å². The summed E-state index contributed by atoms with van der Waals surface area (Å²) < 4.78 is 23.6. The van der Waals surface area contributed by atoms with Crippen LogP contribution in [0.25, 0.3) is 11.3 Å². The van der Waals surface area contributed by atoms with Crippen molar-refractivity contribution in [1.82, 2.24) is 5.16 Å². The number of carboxylic acids is 1. The van der Waals surface area contributed by atoms with Crippen LogP contribution in [-0.2, 0) is 0 Å². The summed E-state index contributed by atoms with van der Waals surface area (Å²) >= 11 is 3.07. The van der Waals surface area contributed by atoms with E-state index in [1.807, 2.05) is 0 Å². The molecule has 6 nitrogen and oxygen atoms in total. The number of phenolic OH excluding ortho intramolecular Hbond substituents is 1. The monoisotopic (exact) mass is 331 g/mol. The largest absolute Gasteiger partial charge is 0.504 e. The number of phenols is 1. The highest BCUT2D eigenvalue weighted by Crippen LogP contribution is 2.43. The molecule has 0 saturated heterocycles. The van der Waals surface area contributed by atoms with E-state index < -0.39 is 17.5 Å². The number of aromatic carboxylic acids is 1. The van der Waals surface area contributed by atoms with Crippen LogP contribution in [0.15, 0.2) is 21.1 Å². The van der Waals surface area contributed by atoms with E-state index in [1.54, 1.807) is 0 Å². The van der Waals surface area contributed by atoms with Crippen molar-refractivity contribution in [3.8, 4) is 22.8 Å². The van der Waals surface area contributed by atoms with E-state index in [9.17, 15) is 14.3 Å². The third-order valence-electron chi connectivity index (χ3n) is 2.33. The van der Waals surface area contributed by atoms with E-state index in [0.717, 1.165) is 12.1 Å². The number of hydrogen-bond donors (Lipinski definition) is 2. The van der Waals surface area contributed by atoms with Crippen molar-refractivity contribution in [2.24, 2.45) is 0 Å². The highest BCUT2D eigenvalue weighted by molar-refractivity contribution is 9.10. The molecule has 0 spiro atoms. The Hall–Kier alpha value is -2.09. The van der Waals surface area contributed by atoms with Crippen LogP contribution in [0, 0.1) is 5.82 Å². The lowest BCUT2D eigenvalue weighted by molar-refractivity contribution is 0.0686. The van der Waals surface area contributed by atoms with Gasteiger partial charge in [-0.3, -0.25) is 0 Å². The van der Waals surface area contributed by atoms with Crippen LogP contribution in [0.1, 0.15) is 10.5 Å². The van der Waals surface area contributed by atoms with Gasteiger partial charge in [-0.15, -0.1) is 0 Å². The zero-order valence-electron chi connectivity index (χ0n) is 9.48. The molecule has 0 radical (unpaired) electrons. The molecule has 1 aromatic heterocycles. The number of aromatic nitrogens is 1. The maximum atomic E-state index is 13.8. The minimum absolute atomic E-state index is 0.00433. The standard InChI is InChI=1S/C11H7BrFNO5/c1-18-10-6(15)2-4(13)8(9(10)12)7-3-5(11(16)17)14-19-7/h2-3,15H,1H3,(H,16,17). The van der Waals surface area contributed by atoms with Crippen LogP contribution in [0.5, 0.6) is 11.5 Å². The summed E-state index contributed by atoms with van der Waals surface area (Å²) in [4.78, 5) is 10.7. The van der Waals surface area contributed by atoms with Gasteiger partial charge in [-0.05, 0) is 15.9 Å². The lowest BCUT2D eigenvalue weighted by Crippen LogP contribution is -1.95. The minimum Gasteiger partial charge on any atom is -0.504 e. The zero-order chi connectivity index (χ0) is 14.2. The topological polar surface area (TPSA) is 92.8 Å². The molecule has 100 valence electrons. The molecule has 0 aliphatic carbocycles. The van der Waals surface area contributed by atoms with Crippen LogP contribution in [0.2, 0.25) is 0 Å². The number of nitrogens with zero attached hydrogens (tertiary/aromatic N) is 1. The van der Waals surface area contributed by atoms with Crippen LogP contribution in [0.4, 0.5) is 4.39 Å². The van der Waals surface area contributed by atoms with Crippen molar-refractivity contribution in [3.63, 3.8) is 0 Å². The maximum Gasteiger partial charge on any atom is 0.358 e. The number of rotatable bonds is 3. The first-order valence-corrected chi connectivity index (χ1v) is 5.70. The fraction of sp³-hybridized carbons (Fsp3) is 0.0909. The van der Waals surface area contributed by atoms with Crippen molar-refractivity contribution in [1.29, 1.82) is 0 Å². The lowest BCUT2D eigenvalue weighted by atomic mass is 10.1. The van der Waals surface area contributed by atoms with E-state index in [0.29, 0.717) is 0 Å². The molecule has 0 aliphatic rings. The van der Waals surface area contributed by atoms with Crippen molar-refractivity contribution >= 4 is 21.9 Å². The predicted molar refractivity (Wildman–Crippen MR) is 64.8 cm³/mol. The van der Waals surface area contributed by atoms with Gasteiger partial charge in [0.2, 0.25) is 0 Å². The molecule has 1 heterocycles. The van der Waals surface area contributed by atoms with Crippen LogP contribution < -0.4 is 4.74 Å². The van der Waals surface area contributed by atoms with Crippen molar-refractivity contribution in [2.45, 2.75) is 0 Å². The molecule has 2 rings (SSSR count). The van der Waals surface area contributed by atoms with Gasteiger partial charge in [-0.1, -0.05) is 5.16 Å². The Morgan fingerprint density at radius 3 is 2.74 bits per heavy atom. The van der Waals surface area contributed by atoms with Gasteiger partial charge in [0.15, 0.2) is 23.0 Å². The molecule has 0 fully saturated rings. The number of ether oxygens (including phenoxy) is 1. The fourth-order valence-electron chi connectivity index (χ4n) is 1.50. The molecule has 0 bridgehead atoms. The second kappa shape index (κ2) is 4.88. The van der Waals surface area contributed by atoms with E-state index >= 15 is 0 Å². The number of methoxy groups -OCH3 is 1. The molecule has 0 amide bonds. The van der Waals surface area contributed by atoms with Crippen molar-refractivity contribution in [2.75, 3.05) is 7.11 Å². The third-order valence-corrected chi connectivity index (χ3v) is 3.09. The molecular formula is C11H7BrFNO5. The van der Waals surface area contributed by atoms with Crippen LogP contribution >= 0.6 is 15.9 Å². The number of hydrogen-bond acceptors (Lipinski definition) is 5. The lowest BCUT2D eigenvalue weighted by Gasteiger charge is -2.09. The molecular weight excluding hydrogens is 325 g/mol. The minimum atomic E-state index is -1.29. The molecule has 19 heavy (non-hydrogen) atoms. The Labute approximate surface area is 114 Å². The number of carboxylic acid groups (broad SMARTS) is 1. The molecule has 8 heteroatoms. The predicted octanol–water partition coefficient (Wildman–Crippen LogP) is 2.66. The van der Waals surface area contributed by atoms with Gasteiger partial charge in [0.05, 0.1) is 17.1 Å². The summed E-state index contributed by atoms with van der Waals surface area (Å²) in [7, 11) is 1.30. The number of benzene rings is 1. The average Bonchev–Trinajstić information content (AvgIpc) is 2.78. The van der Waals surface area contributed by atoms with Gasteiger partial charge in [0, 0.05) is 12.1 Å². The highest BCUT2D eigenvalue weighted by Gasteiger charge is 2.22. The first-order valence-electron chi connectivity index (χ1n) is 4.91. The quantitative estimate of drug-likeness (QED) is 0.898. The van der Waals surface area contributed by atoms with Gasteiger partial charge in [-0.2, -0.15) is 0 Å². The molecule has 2 N–H and O–H groups in total. The van der Waals surface area contributed by atoms with E-state index in [2.05, 4.69) is 21.1 Å². The zero-order valence-corrected chi connectivity index (χ0v) is 11.1. The summed E-state index contributed by atoms with van der Waals surface area (Å²) in [6, 6.07) is 1.91. The Bertz CT molecular complexity index is 655. The highest BCUT2D eigenvalue weighted by atomic mass is 79.9. The van der Waals surface area contributed by atoms with E-state index in [1.165, 1.54) is 7.11 Å². The SMILES string of the molecule is COc1c(O)cc(F)c(-c2cc(C(=O)O)no2)c1Br. The van der Waals surface area contributed by atoms with Gasteiger partial charge in [0.25, 0.3) is 0 Å². The van der Waals surface area contributed by atoms with E-state index in [4.69, 9.17) is 14.4 Å². The maximum absolute atomic E-state index is 13.8. The summed E-state index contributed by atoms with van der Waals surface area (Å²) in [6.07, 6.45) is 0. The second-order valence-electron chi connectivity index (χ2n) is 3.48. The average molecular weight is 332 g/mol. The van der Waals surface area contributed by atoms with Crippen molar-refractivity contribution < 1.29 is 28.7 Å².